The Kier molecular flexibility index (Phi) is 3.50. The highest BCUT2D eigenvalue weighted by Gasteiger charge is 2.23. The standard InChI is InChI=1S/C12H16BrFN2/c1-8-7-16(5-4-12(8)15)9-2-3-10(13)11(14)6-9/h2-3,6,8,12H,4-5,7,15H2,1H3. The average Bonchev–Trinajstić information content (AvgIpc) is 2.26. The number of rotatable bonds is 1. The zero-order valence-electron chi connectivity index (χ0n) is 9.29. The van der Waals surface area contributed by atoms with Crippen molar-refractivity contribution in [2.45, 2.75) is 19.4 Å². The van der Waals surface area contributed by atoms with Crippen molar-refractivity contribution in [1.82, 2.24) is 0 Å². The highest BCUT2D eigenvalue weighted by molar-refractivity contribution is 9.10. The zero-order valence-corrected chi connectivity index (χ0v) is 10.9. The van der Waals surface area contributed by atoms with Gasteiger partial charge in [-0.2, -0.15) is 0 Å². The predicted molar refractivity (Wildman–Crippen MR) is 68.1 cm³/mol. The van der Waals surface area contributed by atoms with Gasteiger partial charge in [0.05, 0.1) is 4.47 Å². The first kappa shape index (κ1) is 11.9. The van der Waals surface area contributed by atoms with Crippen LogP contribution >= 0.6 is 15.9 Å². The minimum atomic E-state index is -0.208. The first-order valence-corrected chi connectivity index (χ1v) is 6.33. The van der Waals surface area contributed by atoms with E-state index in [9.17, 15) is 4.39 Å². The fraction of sp³-hybridized carbons (Fsp3) is 0.500. The van der Waals surface area contributed by atoms with Crippen molar-refractivity contribution in [1.29, 1.82) is 0 Å². The van der Waals surface area contributed by atoms with Gasteiger partial charge in [-0.05, 0) is 46.5 Å². The van der Waals surface area contributed by atoms with Gasteiger partial charge in [-0.15, -0.1) is 0 Å². The smallest absolute Gasteiger partial charge is 0.139 e. The van der Waals surface area contributed by atoms with Crippen LogP contribution < -0.4 is 10.6 Å². The van der Waals surface area contributed by atoms with E-state index in [-0.39, 0.29) is 11.9 Å². The molecule has 2 rings (SSSR count). The first-order chi connectivity index (χ1) is 7.58. The van der Waals surface area contributed by atoms with Gasteiger partial charge in [0, 0.05) is 24.8 Å². The van der Waals surface area contributed by atoms with Gasteiger partial charge >= 0.3 is 0 Å². The molecule has 0 amide bonds. The normalized spacial score (nSPS) is 25.9. The van der Waals surface area contributed by atoms with E-state index in [0.717, 1.165) is 25.2 Å². The van der Waals surface area contributed by atoms with E-state index in [1.54, 1.807) is 12.1 Å². The zero-order chi connectivity index (χ0) is 11.7. The molecule has 1 heterocycles. The summed E-state index contributed by atoms with van der Waals surface area (Å²) < 4.78 is 13.9. The molecule has 1 saturated heterocycles. The van der Waals surface area contributed by atoms with Crippen LogP contribution in [0.5, 0.6) is 0 Å². The lowest BCUT2D eigenvalue weighted by molar-refractivity contribution is 0.382. The Morgan fingerprint density at radius 1 is 1.50 bits per heavy atom. The topological polar surface area (TPSA) is 29.3 Å². The van der Waals surface area contributed by atoms with Crippen LogP contribution in [0.4, 0.5) is 10.1 Å². The summed E-state index contributed by atoms with van der Waals surface area (Å²) in [5.41, 5.74) is 6.91. The molecule has 0 saturated carbocycles. The average molecular weight is 287 g/mol. The molecule has 2 N–H and O–H groups in total. The molecule has 2 nitrogen and oxygen atoms in total. The first-order valence-electron chi connectivity index (χ1n) is 5.53. The molecule has 0 radical (unpaired) electrons. The summed E-state index contributed by atoms with van der Waals surface area (Å²) in [5.74, 6) is 0.250. The lowest BCUT2D eigenvalue weighted by atomic mass is 9.94. The molecule has 1 fully saturated rings. The third-order valence-corrected chi connectivity index (χ3v) is 3.88. The molecule has 1 aliphatic heterocycles. The van der Waals surface area contributed by atoms with Gasteiger partial charge in [-0.25, -0.2) is 4.39 Å². The van der Waals surface area contributed by atoms with Crippen LogP contribution in [-0.2, 0) is 0 Å². The Morgan fingerprint density at radius 3 is 2.88 bits per heavy atom. The third-order valence-electron chi connectivity index (χ3n) is 3.24. The fourth-order valence-electron chi connectivity index (χ4n) is 2.08. The molecular weight excluding hydrogens is 271 g/mol. The summed E-state index contributed by atoms with van der Waals surface area (Å²) in [6.45, 7) is 3.96. The van der Waals surface area contributed by atoms with Crippen molar-refractivity contribution < 1.29 is 4.39 Å². The van der Waals surface area contributed by atoms with Crippen LogP contribution in [-0.4, -0.2) is 19.1 Å². The van der Waals surface area contributed by atoms with Gasteiger partial charge in [-0.3, -0.25) is 0 Å². The second-order valence-corrected chi connectivity index (χ2v) is 5.33. The Hall–Kier alpha value is -0.610. The molecule has 0 bridgehead atoms. The minimum absolute atomic E-state index is 0.208. The van der Waals surface area contributed by atoms with E-state index in [2.05, 4.69) is 27.8 Å². The van der Waals surface area contributed by atoms with Crippen molar-refractivity contribution in [2.24, 2.45) is 11.7 Å². The molecule has 88 valence electrons. The lowest BCUT2D eigenvalue weighted by Crippen LogP contribution is -2.46. The number of benzene rings is 1. The number of hydrogen-bond donors (Lipinski definition) is 1. The Morgan fingerprint density at radius 2 is 2.25 bits per heavy atom. The lowest BCUT2D eigenvalue weighted by Gasteiger charge is -2.36. The van der Waals surface area contributed by atoms with E-state index >= 15 is 0 Å². The Balaban J connectivity index is 2.15. The van der Waals surface area contributed by atoms with Crippen LogP contribution in [0.2, 0.25) is 0 Å². The van der Waals surface area contributed by atoms with Gasteiger partial charge in [0.15, 0.2) is 0 Å². The van der Waals surface area contributed by atoms with E-state index in [1.165, 1.54) is 0 Å². The maximum atomic E-state index is 13.4. The van der Waals surface area contributed by atoms with Crippen molar-refractivity contribution in [2.75, 3.05) is 18.0 Å². The second kappa shape index (κ2) is 4.72. The largest absolute Gasteiger partial charge is 0.371 e. The van der Waals surface area contributed by atoms with E-state index in [0.29, 0.717) is 10.4 Å². The van der Waals surface area contributed by atoms with Crippen molar-refractivity contribution >= 4 is 21.6 Å². The van der Waals surface area contributed by atoms with E-state index in [4.69, 9.17) is 5.73 Å². The van der Waals surface area contributed by atoms with Crippen LogP contribution in [0.3, 0.4) is 0 Å². The molecule has 0 aliphatic carbocycles. The number of halogens is 2. The van der Waals surface area contributed by atoms with Crippen molar-refractivity contribution in [3.05, 3.63) is 28.5 Å². The molecule has 1 aromatic carbocycles. The molecular formula is C12H16BrFN2. The van der Waals surface area contributed by atoms with Crippen molar-refractivity contribution in [3.8, 4) is 0 Å². The molecule has 0 aromatic heterocycles. The highest BCUT2D eigenvalue weighted by atomic mass is 79.9. The van der Waals surface area contributed by atoms with Crippen molar-refractivity contribution in [3.63, 3.8) is 0 Å². The van der Waals surface area contributed by atoms with Crippen LogP contribution in [0, 0.1) is 11.7 Å². The highest BCUT2D eigenvalue weighted by Crippen LogP contribution is 2.26. The molecule has 2 atom stereocenters. The summed E-state index contributed by atoms with van der Waals surface area (Å²) in [6.07, 6.45) is 0.971. The summed E-state index contributed by atoms with van der Waals surface area (Å²) >= 11 is 3.16. The molecule has 4 heteroatoms. The van der Waals surface area contributed by atoms with E-state index < -0.39 is 0 Å². The molecule has 0 spiro atoms. The van der Waals surface area contributed by atoms with Crippen LogP contribution in [0.15, 0.2) is 22.7 Å². The Bertz CT molecular complexity index is 383. The van der Waals surface area contributed by atoms with Crippen LogP contribution in [0.1, 0.15) is 13.3 Å². The summed E-state index contributed by atoms with van der Waals surface area (Å²) in [7, 11) is 0. The molecule has 16 heavy (non-hydrogen) atoms. The number of nitrogens with zero attached hydrogens (tertiary/aromatic N) is 1. The summed E-state index contributed by atoms with van der Waals surface area (Å²) in [5, 5.41) is 0. The molecule has 2 unspecified atom stereocenters. The molecule has 1 aliphatic rings. The fourth-order valence-corrected chi connectivity index (χ4v) is 2.33. The number of anilines is 1. The van der Waals surface area contributed by atoms with Gasteiger partial charge < -0.3 is 10.6 Å². The van der Waals surface area contributed by atoms with Crippen LogP contribution in [0.25, 0.3) is 0 Å². The van der Waals surface area contributed by atoms with Gasteiger partial charge in [-0.1, -0.05) is 6.92 Å². The van der Waals surface area contributed by atoms with Gasteiger partial charge in [0.1, 0.15) is 5.82 Å². The number of hydrogen-bond acceptors (Lipinski definition) is 2. The van der Waals surface area contributed by atoms with E-state index in [1.807, 2.05) is 6.07 Å². The van der Waals surface area contributed by atoms with Gasteiger partial charge in [0.25, 0.3) is 0 Å². The third kappa shape index (κ3) is 2.38. The monoisotopic (exact) mass is 286 g/mol. The molecule has 1 aromatic rings. The summed E-state index contributed by atoms with van der Waals surface area (Å²) in [4.78, 5) is 2.20. The predicted octanol–water partition coefficient (Wildman–Crippen LogP) is 2.76. The summed E-state index contributed by atoms with van der Waals surface area (Å²) in [6, 6.07) is 5.55. The Labute approximate surface area is 104 Å². The van der Waals surface area contributed by atoms with Gasteiger partial charge in [0.2, 0.25) is 0 Å². The SMILES string of the molecule is CC1CN(c2ccc(Br)c(F)c2)CCC1N. The minimum Gasteiger partial charge on any atom is -0.371 e. The number of nitrogens with two attached hydrogens (primary N) is 1. The quantitative estimate of drug-likeness (QED) is 0.860. The number of piperidine rings is 1. The maximum Gasteiger partial charge on any atom is 0.139 e. The second-order valence-electron chi connectivity index (χ2n) is 4.47. The maximum absolute atomic E-state index is 13.4.